The topological polar surface area (TPSA) is 114 Å². The normalized spacial score (nSPS) is 11.5. The average Bonchev–Trinajstić information content (AvgIpc) is 2.10. The maximum atomic E-state index is 10.9. The molecule has 6 nitrogen and oxygen atoms in total. The van der Waals surface area contributed by atoms with Crippen molar-refractivity contribution in [2.75, 3.05) is 0 Å². The van der Waals surface area contributed by atoms with Crippen LogP contribution in [0.1, 0.15) is 0 Å². The minimum atomic E-state index is -5.15. The summed E-state index contributed by atoms with van der Waals surface area (Å²) in [6.45, 7) is 0. The van der Waals surface area contributed by atoms with Crippen molar-refractivity contribution in [3.63, 3.8) is 0 Å². The Labute approximate surface area is 179 Å². The first-order chi connectivity index (χ1) is 7.89. The Morgan fingerprint density at radius 3 is 0.850 bits per heavy atom. The summed E-state index contributed by atoms with van der Waals surface area (Å²) in [5.74, 6) is 0. The summed E-state index contributed by atoms with van der Waals surface area (Å²) in [6, 6.07) is 0. The van der Waals surface area contributed by atoms with Crippen LogP contribution in [-0.4, -0.2) is 25.9 Å². The zero-order valence-corrected chi connectivity index (χ0v) is 18.4. The molecule has 0 aromatic heterocycles. The summed E-state index contributed by atoms with van der Waals surface area (Å²) in [7, 11) is -10.3. The van der Waals surface area contributed by atoms with Gasteiger partial charge in [0.05, 0.1) is 29.9 Å². The van der Waals surface area contributed by atoms with Crippen molar-refractivity contribution in [2.24, 2.45) is 0 Å². The van der Waals surface area contributed by atoms with Crippen molar-refractivity contribution < 1.29 is 85.1 Å². The van der Waals surface area contributed by atoms with Gasteiger partial charge in [-0.15, -0.1) is 0 Å². The van der Waals surface area contributed by atoms with Crippen LogP contribution < -0.4 is 59.1 Å². The molecule has 1 aromatic rings. The van der Waals surface area contributed by atoms with E-state index in [-0.39, 0.29) is 59.1 Å². The Bertz CT molecular complexity index is 640. The van der Waals surface area contributed by atoms with Gasteiger partial charge in [0.2, 0.25) is 0 Å². The third-order valence-electron chi connectivity index (χ3n) is 1.68. The second-order valence-corrected chi connectivity index (χ2v) is 6.97. The molecule has 0 aliphatic heterocycles. The molecule has 1 aromatic carbocycles. The molecule has 0 saturated carbocycles. The number of rotatable bonds is 2. The summed E-state index contributed by atoms with van der Waals surface area (Å²) >= 11 is 21.6. The smallest absolute Gasteiger partial charge is 0.744 e. The molecule has 0 atom stereocenters. The second-order valence-electron chi connectivity index (χ2n) is 2.82. The van der Waals surface area contributed by atoms with Crippen LogP contribution in [0.25, 0.3) is 0 Å². The van der Waals surface area contributed by atoms with Crippen LogP contribution in [0.5, 0.6) is 0 Å². The Morgan fingerprint density at radius 1 is 0.600 bits per heavy atom. The van der Waals surface area contributed by atoms with Crippen LogP contribution in [0.2, 0.25) is 20.1 Å². The van der Waals surface area contributed by atoms with Gasteiger partial charge in [0, 0.05) is 0 Å². The van der Waals surface area contributed by atoms with Gasteiger partial charge in [-0.2, -0.15) is 0 Å². The van der Waals surface area contributed by atoms with Crippen molar-refractivity contribution in [1.82, 2.24) is 0 Å². The third kappa shape index (κ3) is 5.10. The molecule has 0 aliphatic carbocycles. The van der Waals surface area contributed by atoms with E-state index in [0.29, 0.717) is 0 Å². The Morgan fingerprint density at radius 2 is 0.750 bits per heavy atom. The average molecular weight is 420 g/mol. The molecule has 0 bridgehead atoms. The van der Waals surface area contributed by atoms with E-state index in [9.17, 15) is 25.9 Å². The predicted molar refractivity (Wildman–Crippen MR) is 62.4 cm³/mol. The van der Waals surface area contributed by atoms with Crippen LogP contribution >= 0.6 is 46.4 Å². The fraction of sp³-hybridized carbons (Fsp3) is 0. The molecule has 14 heteroatoms. The monoisotopic (exact) mass is 418 g/mol. The van der Waals surface area contributed by atoms with Gasteiger partial charge in [-0.3, -0.25) is 0 Å². The van der Waals surface area contributed by atoms with Gasteiger partial charge in [-0.25, -0.2) is 16.8 Å². The Balaban J connectivity index is 0. The van der Waals surface area contributed by atoms with Gasteiger partial charge in [-0.1, -0.05) is 46.4 Å². The van der Waals surface area contributed by atoms with Crippen molar-refractivity contribution in [3.05, 3.63) is 20.1 Å². The van der Waals surface area contributed by atoms with Crippen LogP contribution in [0, 0.1) is 0 Å². The molecule has 0 unspecified atom stereocenters. The van der Waals surface area contributed by atoms with E-state index in [1.54, 1.807) is 0 Å². The van der Waals surface area contributed by atoms with E-state index >= 15 is 0 Å². The SMILES string of the molecule is O=S(=O)([O-])c1c(Cl)c(Cl)c(S(=O)(=O)[O-])c(Cl)c1Cl.[Na+].[Na+]. The van der Waals surface area contributed by atoms with Crippen molar-refractivity contribution in [2.45, 2.75) is 9.79 Å². The summed E-state index contributed by atoms with van der Waals surface area (Å²) in [6.07, 6.45) is 0. The molecule has 0 radical (unpaired) electrons. The first-order valence-electron chi connectivity index (χ1n) is 3.66. The molecule has 1 rings (SSSR count). The van der Waals surface area contributed by atoms with Crippen molar-refractivity contribution >= 4 is 66.6 Å². The molecular formula is C6Cl4Na2O6S2. The predicted octanol–water partition coefficient (Wildman–Crippen LogP) is -3.88. The molecule has 0 spiro atoms. The van der Waals surface area contributed by atoms with Gasteiger partial charge in [0.15, 0.2) is 0 Å². The molecule has 0 amide bonds. The number of hydrogen-bond acceptors (Lipinski definition) is 6. The molecular weight excluding hydrogens is 420 g/mol. The van der Waals surface area contributed by atoms with Gasteiger partial charge in [0.25, 0.3) is 0 Å². The first-order valence-corrected chi connectivity index (χ1v) is 7.99. The fourth-order valence-corrected chi connectivity index (χ4v) is 4.53. The van der Waals surface area contributed by atoms with Crippen LogP contribution in [-0.2, 0) is 20.2 Å². The standard InChI is InChI=1S/C6H2Cl4O6S2.2Na/c7-1-2(8)6(18(14,15)16)4(10)3(9)5(1)17(11,12)13;;/h(H,11,12,13)(H,14,15,16);;/q;2*+1/p-2. The fourth-order valence-electron chi connectivity index (χ4n) is 1.03. The summed E-state index contributed by atoms with van der Waals surface area (Å²) in [5.41, 5.74) is 0. The van der Waals surface area contributed by atoms with Gasteiger partial charge in [-0.05, 0) is 0 Å². The number of halogens is 4. The largest absolute Gasteiger partial charge is 1.00 e. The minimum absolute atomic E-state index is 0. The molecule has 0 heterocycles. The van der Waals surface area contributed by atoms with Gasteiger partial charge >= 0.3 is 59.1 Å². The van der Waals surface area contributed by atoms with E-state index in [2.05, 4.69) is 0 Å². The van der Waals surface area contributed by atoms with Gasteiger partial charge in [0.1, 0.15) is 20.2 Å². The molecule has 102 valence electrons. The van der Waals surface area contributed by atoms with Crippen molar-refractivity contribution in [3.8, 4) is 0 Å². The van der Waals surface area contributed by atoms with Gasteiger partial charge < -0.3 is 9.11 Å². The maximum Gasteiger partial charge on any atom is 1.00 e. The second kappa shape index (κ2) is 8.34. The first kappa shape index (κ1) is 24.5. The minimum Gasteiger partial charge on any atom is -0.744 e. The van der Waals surface area contributed by atoms with E-state index in [1.807, 2.05) is 0 Å². The summed E-state index contributed by atoms with van der Waals surface area (Å²) in [4.78, 5) is -2.37. The third-order valence-corrected chi connectivity index (χ3v) is 5.65. The van der Waals surface area contributed by atoms with Crippen LogP contribution in [0.4, 0.5) is 0 Å². The maximum absolute atomic E-state index is 10.9. The molecule has 0 aliphatic rings. The zero-order chi connectivity index (χ0) is 14.5. The quantitative estimate of drug-likeness (QED) is 0.275. The van der Waals surface area contributed by atoms with E-state index in [0.717, 1.165) is 0 Å². The van der Waals surface area contributed by atoms with E-state index < -0.39 is 50.1 Å². The van der Waals surface area contributed by atoms with E-state index in [4.69, 9.17) is 46.4 Å². The summed E-state index contributed by atoms with van der Waals surface area (Å²) in [5, 5.41) is -3.91. The zero-order valence-electron chi connectivity index (χ0n) is 9.78. The van der Waals surface area contributed by atoms with Crippen molar-refractivity contribution in [1.29, 1.82) is 0 Å². The molecule has 20 heavy (non-hydrogen) atoms. The Hall–Kier alpha value is 2.20. The molecule has 0 N–H and O–H groups in total. The van der Waals surface area contributed by atoms with Crippen LogP contribution in [0.3, 0.4) is 0 Å². The van der Waals surface area contributed by atoms with Crippen LogP contribution in [0.15, 0.2) is 9.79 Å². The number of hydrogen-bond donors (Lipinski definition) is 0. The molecule has 0 saturated heterocycles. The summed E-state index contributed by atoms with van der Waals surface area (Å²) < 4.78 is 65.2. The number of benzene rings is 1. The Kier molecular flexibility index (Phi) is 10.2. The molecule has 0 fully saturated rings. The van der Waals surface area contributed by atoms with E-state index in [1.165, 1.54) is 0 Å².